The van der Waals surface area contributed by atoms with Gasteiger partial charge in [0.1, 0.15) is 0 Å². The van der Waals surface area contributed by atoms with Crippen LogP contribution in [0.15, 0.2) is 0 Å². The summed E-state index contributed by atoms with van der Waals surface area (Å²) in [7, 11) is 0. The number of halogens is 1. The van der Waals surface area contributed by atoms with Crippen molar-refractivity contribution in [3.8, 4) is 0 Å². The number of hydrogen-bond acceptors (Lipinski definition) is 2. The van der Waals surface area contributed by atoms with Gasteiger partial charge in [-0.3, -0.25) is 4.84 Å². The summed E-state index contributed by atoms with van der Waals surface area (Å²) in [4.78, 5) is 5.76. The monoisotopic (exact) mass is 229 g/mol. The second kappa shape index (κ2) is 4.23. The van der Waals surface area contributed by atoms with Crippen LogP contribution in [0.1, 0.15) is 38.5 Å². The van der Waals surface area contributed by atoms with Gasteiger partial charge < -0.3 is 0 Å². The highest BCUT2D eigenvalue weighted by Crippen LogP contribution is 2.48. The van der Waals surface area contributed by atoms with Gasteiger partial charge in [0.15, 0.2) is 0 Å². The van der Waals surface area contributed by atoms with Crippen LogP contribution in [0.2, 0.25) is 0 Å². The molecule has 1 heterocycles. The molecule has 2 nitrogen and oxygen atoms in total. The molecule has 1 saturated heterocycles. The Balaban J connectivity index is 1.72. The van der Waals surface area contributed by atoms with Gasteiger partial charge in [-0.2, -0.15) is 5.48 Å². The quantitative estimate of drug-likeness (QED) is 0.699. The van der Waals surface area contributed by atoms with Crippen molar-refractivity contribution in [2.45, 2.75) is 50.7 Å². The van der Waals surface area contributed by atoms with Gasteiger partial charge in [0.05, 0.1) is 6.10 Å². The van der Waals surface area contributed by atoms with E-state index in [9.17, 15) is 0 Å². The molecular weight excluding hydrogens is 210 g/mol. The molecule has 0 spiro atoms. The summed E-state index contributed by atoms with van der Waals surface area (Å²) >= 11 is 5.91. The van der Waals surface area contributed by atoms with E-state index < -0.39 is 0 Å². The maximum atomic E-state index is 5.91. The first-order valence-electron chi connectivity index (χ1n) is 6.35. The van der Waals surface area contributed by atoms with E-state index in [2.05, 4.69) is 5.48 Å². The molecular formula is C12H20ClNO. The van der Waals surface area contributed by atoms with Crippen LogP contribution in [0.4, 0.5) is 0 Å². The number of hydroxylamine groups is 1. The van der Waals surface area contributed by atoms with Crippen molar-refractivity contribution < 1.29 is 4.84 Å². The Labute approximate surface area is 96.7 Å². The van der Waals surface area contributed by atoms with Gasteiger partial charge in [-0.05, 0) is 43.4 Å². The molecule has 2 saturated carbocycles. The zero-order valence-electron chi connectivity index (χ0n) is 9.12. The SMILES string of the molecule is ClCC1CC2C(CCC3CCCC32)ON1. The summed E-state index contributed by atoms with van der Waals surface area (Å²) < 4.78 is 0. The Morgan fingerprint density at radius 3 is 2.93 bits per heavy atom. The van der Waals surface area contributed by atoms with E-state index in [1.54, 1.807) is 0 Å². The Morgan fingerprint density at radius 2 is 2.07 bits per heavy atom. The summed E-state index contributed by atoms with van der Waals surface area (Å²) in [6.45, 7) is 0. The maximum absolute atomic E-state index is 5.91. The van der Waals surface area contributed by atoms with Crippen LogP contribution in [0.5, 0.6) is 0 Å². The van der Waals surface area contributed by atoms with Crippen LogP contribution < -0.4 is 5.48 Å². The van der Waals surface area contributed by atoms with E-state index in [0.717, 1.165) is 17.8 Å². The molecule has 3 heteroatoms. The van der Waals surface area contributed by atoms with Gasteiger partial charge >= 0.3 is 0 Å². The molecule has 15 heavy (non-hydrogen) atoms. The predicted octanol–water partition coefficient (Wildman–Crippen LogP) is 2.71. The molecule has 0 radical (unpaired) electrons. The zero-order valence-corrected chi connectivity index (χ0v) is 9.88. The Bertz CT molecular complexity index is 236. The molecule has 3 aliphatic rings. The standard InChI is InChI=1S/C12H20ClNO/c13-7-9-6-11-10-3-1-2-8(10)4-5-12(11)15-14-9/h8-12,14H,1-7H2. The second-order valence-corrected chi connectivity index (χ2v) is 5.77. The van der Waals surface area contributed by atoms with Crippen LogP contribution >= 0.6 is 11.6 Å². The first-order chi connectivity index (χ1) is 7.38. The van der Waals surface area contributed by atoms with Crippen molar-refractivity contribution in [3.63, 3.8) is 0 Å². The minimum Gasteiger partial charge on any atom is -0.298 e. The molecule has 0 amide bonds. The number of alkyl halides is 1. The topological polar surface area (TPSA) is 21.3 Å². The molecule has 1 N–H and O–H groups in total. The molecule has 3 rings (SSSR count). The summed E-state index contributed by atoms with van der Waals surface area (Å²) in [6, 6.07) is 0.382. The average Bonchev–Trinajstić information content (AvgIpc) is 2.76. The van der Waals surface area contributed by atoms with E-state index in [1.165, 1.54) is 38.5 Å². The summed E-state index contributed by atoms with van der Waals surface area (Å²) in [5.74, 6) is 3.41. The number of fused-ring (bicyclic) bond motifs is 3. The lowest BCUT2D eigenvalue weighted by atomic mass is 9.69. The summed E-state index contributed by atoms with van der Waals surface area (Å²) in [5.41, 5.74) is 3.12. The number of rotatable bonds is 1. The largest absolute Gasteiger partial charge is 0.298 e. The van der Waals surface area contributed by atoms with Crippen LogP contribution in [0.25, 0.3) is 0 Å². The lowest BCUT2D eigenvalue weighted by Gasteiger charge is -2.44. The lowest BCUT2D eigenvalue weighted by Crippen LogP contribution is -2.50. The first kappa shape index (κ1) is 10.4. The minimum absolute atomic E-state index is 0.382. The highest BCUT2D eigenvalue weighted by molar-refractivity contribution is 6.18. The van der Waals surface area contributed by atoms with Crippen molar-refractivity contribution in [1.29, 1.82) is 0 Å². The fraction of sp³-hybridized carbons (Fsp3) is 1.00. The van der Waals surface area contributed by atoms with Gasteiger partial charge in [-0.1, -0.05) is 12.8 Å². The molecule has 5 atom stereocenters. The van der Waals surface area contributed by atoms with Crippen LogP contribution in [0.3, 0.4) is 0 Å². The van der Waals surface area contributed by atoms with E-state index in [1.807, 2.05) is 0 Å². The molecule has 2 aliphatic carbocycles. The average molecular weight is 230 g/mol. The van der Waals surface area contributed by atoms with E-state index in [0.29, 0.717) is 18.0 Å². The minimum atomic E-state index is 0.382. The normalized spacial score (nSPS) is 49.8. The third kappa shape index (κ3) is 1.81. The van der Waals surface area contributed by atoms with Gasteiger partial charge in [0.2, 0.25) is 0 Å². The van der Waals surface area contributed by atoms with Crippen molar-refractivity contribution in [2.24, 2.45) is 17.8 Å². The highest BCUT2D eigenvalue weighted by atomic mass is 35.5. The number of hydrogen-bond donors (Lipinski definition) is 1. The molecule has 0 aromatic carbocycles. The molecule has 3 fully saturated rings. The maximum Gasteiger partial charge on any atom is 0.0822 e. The van der Waals surface area contributed by atoms with Crippen molar-refractivity contribution in [3.05, 3.63) is 0 Å². The Kier molecular flexibility index (Phi) is 2.92. The molecule has 0 bridgehead atoms. The molecule has 5 unspecified atom stereocenters. The van der Waals surface area contributed by atoms with E-state index in [-0.39, 0.29) is 0 Å². The van der Waals surface area contributed by atoms with E-state index >= 15 is 0 Å². The van der Waals surface area contributed by atoms with Gasteiger partial charge in [-0.25, -0.2) is 0 Å². The fourth-order valence-corrected chi connectivity index (χ4v) is 4.17. The molecule has 0 aromatic heterocycles. The lowest BCUT2D eigenvalue weighted by molar-refractivity contribution is -0.144. The zero-order chi connectivity index (χ0) is 10.3. The van der Waals surface area contributed by atoms with Crippen LogP contribution in [-0.4, -0.2) is 18.0 Å². The van der Waals surface area contributed by atoms with Gasteiger partial charge in [0.25, 0.3) is 0 Å². The number of nitrogens with one attached hydrogen (secondary N) is 1. The third-order valence-electron chi connectivity index (χ3n) is 4.70. The van der Waals surface area contributed by atoms with Crippen LogP contribution in [-0.2, 0) is 4.84 Å². The van der Waals surface area contributed by atoms with E-state index in [4.69, 9.17) is 16.4 Å². The van der Waals surface area contributed by atoms with Crippen molar-refractivity contribution in [1.82, 2.24) is 5.48 Å². The smallest absolute Gasteiger partial charge is 0.0822 e. The van der Waals surface area contributed by atoms with Crippen LogP contribution in [0, 0.1) is 17.8 Å². The fourth-order valence-electron chi connectivity index (χ4n) is 3.98. The predicted molar refractivity (Wildman–Crippen MR) is 60.7 cm³/mol. The van der Waals surface area contributed by atoms with Gasteiger partial charge in [0, 0.05) is 11.9 Å². The molecule has 0 aromatic rings. The van der Waals surface area contributed by atoms with Gasteiger partial charge in [-0.15, -0.1) is 11.6 Å². The molecule has 1 aliphatic heterocycles. The Morgan fingerprint density at radius 1 is 1.13 bits per heavy atom. The molecule has 86 valence electrons. The first-order valence-corrected chi connectivity index (χ1v) is 6.89. The second-order valence-electron chi connectivity index (χ2n) is 5.46. The highest BCUT2D eigenvalue weighted by Gasteiger charge is 2.45. The summed E-state index contributed by atoms with van der Waals surface area (Å²) in [6.07, 6.45) is 8.69. The Hall–Kier alpha value is 0.210. The van der Waals surface area contributed by atoms with Crippen molar-refractivity contribution in [2.75, 3.05) is 5.88 Å². The van der Waals surface area contributed by atoms with Crippen molar-refractivity contribution >= 4 is 11.6 Å². The third-order valence-corrected chi connectivity index (χ3v) is 5.07. The summed E-state index contributed by atoms with van der Waals surface area (Å²) in [5, 5.41) is 0.